The first-order valence-electron chi connectivity index (χ1n) is 11.2. The average Bonchev–Trinajstić information content (AvgIpc) is 3.54. The van der Waals surface area contributed by atoms with E-state index in [0.717, 1.165) is 21.9 Å². The average molecular weight is 495 g/mol. The van der Waals surface area contributed by atoms with Crippen LogP contribution in [0.15, 0.2) is 58.4 Å². The highest BCUT2D eigenvalue weighted by Gasteiger charge is 2.69. The number of hydrogen-bond donors (Lipinski definition) is 2. The molecule has 7 rings (SSSR count). The highest BCUT2D eigenvalue weighted by molar-refractivity contribution is 8.00. The molecule has 2 N–H and O–H groups in total. The first-order chi connectivity index (χ1) is 16.4. The minimum atomic E-state index is -0.414. The monoisotopic (exact) mass is 494 g/mol. The number of carbonyl (C=O) groups excluding carboxylic acids is 2. The number of phenolic OH excluding ortho intramolecular Hbond substituents is 1. The lowest BCUT2D eigenvalue weighted by Gasteiger charge is -2.43. The van der Waals surface area contributed by atoms with Crippen LogP contribution < -0.4 is 9.77 Å². The van der Waals surface area contributed by atoms with Crippen LogP contribution in [0.25, 0.3) is 0 Å². The zero-order valence-electron chi connectivity index (χ0n) is 17.7. The van der Waals surface area contributed by atoms with Crippen molar-refractivity contribution >= 4 is 40.6 Å². The molecule has 3 heterocycles. The molecule has 7 atom stereocenters. The molecule has 0 radical (unpaired) electrons. The van der Waals surface area contributed by atoms with Gasteiger partial charge in [0, 0.05) is 16.0 Å². The maximum absolute atomic E-state index is 13.6. The van der Waals surface area contributed by atoms with Gasteiger partial charge in [-0.15, -0.1) is 11.8 Å². The number of fused-ring (bicyclic) bond motifs is 9. The summed E-state index contributed by atoms with van der Waals surface area (Å²) in [6.45, 7) is 0. The van der Waals surface area contributed by atoms with E-state index in [4.69, 9.17) is 0 Å². The minimum Gasteiger partial charge on any atom is -0.508 e. The Balaban J connectivity index is 1.32. The van der Waals surface area contributed by atoms with E-state index >= 15 is 0 Å². The van der Waals surface area contributed by atoms with Crippen LogP contribution in [0.4, 0.5) is 10.1 Å². The Morgan fingerprint density at radius 2 is 1.62 bits per heavy atom. The maximum Gasteiger partial charge on any atom is 0.305 e. The second-order valence-electron chi connectivity index (χ2n) is 9.54. The number of halogens is 1. The van der Waals surface area contributed by atoms with Crippen molar-refractivity contribution in [2.75, 3.05) is 4.90 Å². The molecule has 0 unspecified atom stereocenters. The molecule has 3 aromatic rings. The zero-order chi connectivity index (χ0) is 23.3. The van der Waals surface area contributed by atoms with Gasteiger partial charge in [0.25, 0.3) is 0 Å². The standard InChI is InChI=1S/C25H19FN2O4S2/c26-11-3-5-12(6-4-11)28-23(30)18-14-9-15(19(18)24(28)31)20-17(14)16(10-1-7-13(29)8-2-10)21-22(33-20)27-25(32)34-21/h1-8,14-20,29H,9H2,(H,27,32)/t14-,15-,16-,17-,18+,19-,20-/m1/s1. The highest BCUT2D eigenvalue weighted by atomic mass is 32.2. The van der Waals surface area contributed by atoms with Gasteiger partial charge in [-0.3, -0.25) is 19.3 Å². The summed E-state index contributed by atoms with van der Waals surface area (Å²) in [4.78, 5) is 44.5. The fourth-order valence-corrected chi connectivity index (χ4v) is 9.81. The van der Waals surface area contributed by atoms with E-state index in [-0.39, 0.29) is 57.3 Å². The summed E-state index contributed by atoms with van der Waals surface area (Å²) >= 11 is 2.84. The summed E-state index contributed by atoms with van der Waals surface area (Å²) in [6.07, 6.45) is 0.806. The van der Waals surface area contributed by atoms with Gasteiger partial charge in [0.15, 0.2) is 0 Å². The van der Waals surface area contributed by atoms with Crippen molar-refractivity contribution in [2.45, 2.75) is 22.6 Å². The summed E-state index contributed by atoms with van der Waals surface area (Å²) in [5, 5.41) is 10.8. The first-order valence-corrected chi connectivity index (χ1v) is 12.9. The molecule has 2 aliphatic heterocycles. The first kappa shape index (κ1) is 20.5. The van der Waals surface area contributed by atoms with Gasteiger partial charge in [-0.2, -0.15) is 0 Å². The molecule has 2 aliphatic carbocycles. The van der Waals surface area contributed by atoms with Crippen molar-refractivity contribution < 1.29 is 19.1 Å². The van der Waals surface area contributed by atoms with Crippen molar-refractivity contribution in [3.05, 3.63) is 74.5 Å². The van der Waals surface area contributed by atoms with Gasteiger partial charge in [-0.1, -0.05) is 23.5 Å². The number of rotatable bonds is 2. The van der Waals surface area contributed by atoms with E-state index in [9.17, 15) is 23.9 Å². The number of amides is 2. The summed E-state index contributed by atoms with van der Waals surface area (Å²) in [5.74, 6) is -1.36. The molecule has 2 saturated carbocycles. The molecule has 1 aromatic heterocycles. The van der Waals surface area contributed by atoms with Crippen molar-refractivity contribution in [3.63, 3.8) is 0 Å². The fraction of sp³-hybridized carbons (Fsp3) is 0.320. The van der Waals surface area contributed by atoms with Gasteiger partial charge < -0.3 is 10.1 Å². The van der Waals surface area contributed by atoms with E-state index in [1.165, 1.54) is 40.5 Å². The quantitative estimate of drug-likeness (QED) is 0.527. The van der Waals surface area contributed by atoms with Gasteiger partial charge in [-0.25, -0.2) is 4.39 Å². The van der Waals surface area contributed by atoms with Crippen molar-refractivity contribution in [2.24, 2.45) is 29.6 Å². The van der Waals surface area contributed by atoms with Crippen molar-refractivity contribution in [1.82, 2.24) is 4.98 Å². The third kappa shape index (κ3) is 2.65. The zero-order valence-corrected chi connectivity index (χ0v) is 19.3. The molecule has 4 aliphatic rings. The number of aromatic hydroxyl groups is 1. The third-order valence-electron chi connectivity index (χ3n) is 8.06. The Labute approximate surface area is 201 Å². The number of nitrogens with one attached hydrogen (secondary N) is 1. The van der Waals surface area contributed by atoms with Crippen LogP contribution in [0.1, 0.15) is 22.8 Å². The number of anilines is 1. The molecule has 1 saturated heterocycles. The second-order valence-corrected chi connectivity index (χ2v) is 11.7. The Kier molecular flexibility index (Phi) is 4.24. The number of phenols is 1. The van der Waals surface area contributed by atoms with E-state index in [1.807, 2.05) is 12.1 Å². The number of aromatic amines is 1. The Morgan fingerprint density at radius 3 is 2.32 bits per heavy atom. The number of nitrogens with zero attached hydrogens (tertiary/aromatic N) is 1. The second kappa shape index (κ2) is 7.05. The molecule has 6 nitrogen and oxygen atoms in total. The van der Waals surface area contributed by atoms with Gasteiger partial charge >= 0.3 is 4.87 Å². The van der Waals surface area contributed by atoms with E-state index in [0.29, 0.717) is 5.69 Å². The number of benzene rings is 2. The lowest BCUT2D eigenvalue weighted by Crippen LogP contribution is -2.42. The largest absolute Gasteiger partial charge is 0.508 e. The number of thioether (sulfide) groups is 1. The topological polar surface area (TPSA) is 90.5 Å². The van der Waals surface area contributed by atoms with Crippen LogP contribution in [0.2, 0.25) is 0 Å². The Bertz CT molecular complexity index is 1400. The number of H-pyrrole nitrogens is 1. The van der Waals surface area contributed by atoms with Gasteiger partial charge in [-0.05, 0) is 66.1 Å². The summed E-state index contributed by atoms with van der Waals surface area (Å²) in [7, 11) is 0. The van der Waals surface area contributed by atoms with Crippen LogP contribution in [0.3, 0.4) is 0 Å². The predicted molar refractivity (Wildman–Crippen MR) is 125 cm³/mol. The van der Waals surface area contributed by atoms with Crippen LogP contribution in [-0.4, -0.2) is 27.2 Å². The summed E-state index contributed by atoms with van der Waals surface area (Å²) in [6, 6.07) is 12.6. The Hall–Kier alpha value is -2.91. The van der Waals surface area contributed by atoms with E-state index in [1.54, 1.807) is 23.9 Å². The molecule has 0 spiro atoms. The molecule has 172 valence electrons. The third-order valence-corrected chi connectivity index (χ3v) is 10.6. The smallest absolute Gasteiger partial charge is 0.305 e. The van der Waals surface area contributed by atoms with Crippen LogP contribution in [0.5, 0.6) is 5.75 Å². The van der Waals surface area contributed by atoms with E-state index in [2.05, 4.69) is 4.98 Å². The summed E-state index contributed by atoms with van der Waals surface area (Å²) < 4.78 is 13.5. The molecule has 34 heavy (non-hydrogen) atoms. The lowest BCUT2D eigenvalue weighted by molar-refractivity contribution is -0.123. The molecule has 2 amide bonds. The molecule has 3 fully saturated rings. The Morgan fingerprint density at radius 1 is 0.941 bits per heavy atom. The molecule has 9 heteroatoms. The normalized spacial score (nSPS) is 33.2. The van der Waals surface area contributed by atoms with Crippen molar-refractivity contribution in [1.29, 1.82) is 0 Å². The number of carbonyl (C=O) groups is 2. The highest BCUT2D eigenvalue weighted by Crippen LogP contribution is 2.68. The predicted octanol–water partition coefficient (Wildman–Crippen LogP) is 3.96. The molecular weight excluding hydrogens is 475 g/mol. The van der Waals surface area contributed by atoms with Crippen LogP contribution in [-0.2, 0) is 9.59 Å². The number of imide groups is 1. The van der Waals surface area contributed by atoms with Gasteiger partial charge in [0.2, 0.25) is 11.8 Å². The molecule has 2 bridgehead atoms. The number of aromatic nitrogens is 1. The van der Waals surface area contributed by atoms with Crippen molar-refractivity contribution in [3.8, 4) is 5.75 Å². The van der Waals surface area contributed by atoms with Gasteiger partial charge in [0.05, 0.1) is 22.5 Å². The minimum absolute atomic E-state index is 0.0125. The lowest BCUT2D eigenvalue weighted by atomic mass is 9.68. The number of thiazole rings is 1. The SMILES string of the molecule is O=C1[C@@H]2[C@H]3C[C@@H]([C@@H]2C(=O)N1c1ccc(F)cc1)[C@@H]1[C@@H](c2ccc(O)cc2)c2sc(=O)[nH]c2S[C@H]31. The maximum atomic E-state index is 13.6. The molecule has 2 aromatic carbocycles. The number of hydrogen-bond acceptors (Lipinski definition) is 6. The van der Waals surface area contributed by atoms with E-state index < -0.39 is 11.7 Å². The van der Waals surface area contributed by atoms with Crippen LogP contribution in [0, 0.1) is 35.4 Å². The summed E-state index contributed by atoms with van der Waals surface area (Å²) in [5.41, 5.74) is 1.42. The molecular formula is C25H19FN2O4S2. The van der Waals surface area contributed by atoms with Crippen LogP contribution >= 0.6 is 23.1 Å². The van der Waals surface area contributed by atoms with Gasteiger partial charge in [0.1, 0.15) is 11.6 Å². The fourth-order valence-electron chi connectivity index (χ4n) is 6.92.